The van der Waals surface area contributed by atoms with Crippen LogP contribution in [0.25, 0.3) is 0 Å². The average Bonchev–Trinajstić information content (AvgIpc) is 3.33. The predicted octanol–water partition coefficient (Wildman–Crippen LogP) is 4.82. The van der Waals surface area contributed by atoms with Crippen LogP contribution in [0.15, 0.2) is 30.5 Å². The summed E-state index contributed by atoms with van der Waals surface area (Å²) in [5, 5.41) is 0.549. The Hall–Kier alpha value is -1.53. The fourth-order valence-electron chi connectivity index (χ4n) is 2.89. The third kappa shape index (κ3) is 3.59. The maximum atomic E-state index is 13.0. The van der Waals surface area contributed by atoms with Crippen molar-refractivity contribution in [1.82, 2.24) is 14.5 Å². The van der Waals surface area contributed by atoms with Gasteiger partial charge in [-0.15, -0.1) is 0 Å². The molecular formula is C17H19ClF3N3. The lowest BCUT2D eigenvalue weighted by molar-refractivity contribution is -0.137. The van der Waals surface area contributed by atoms with Gasteiger partial charge in [0.1, 0.15) is 11.0 Å². The van der Waals surface area contributed by atoms with Crippen molar-refractivity contribution in [2.24, 2.45) is 7.05 Å². The fourth-order valence-corrected chi connectivity index (χ4v) is 3.04. The van der Waals surface area contributed by atoms with E-state index in [9.17, 15) is 13.2 Å². The molecule has 1 aliphatic carbocycles. The third-order valence-electron chi connectivity index (χ3n) is 4.56. The highest BCUT2D eigenvalue weighted by Gasteiger charge is 2.35. The number of hydrogen-bond donors (Lipinski definition) is 0. The number of aromatic nitrogens is 2. The van der Waals surface area contributed by atoms with E-state index in [1.165, 1.54) is 12.1 Å². The summed E-state index contributed by atoms with van der Waals surface area (Å²) in [7, 11) is 1.84. The maximum absolute atomic E-state index is 13.0. The van der Waals surface area contributed by atoms with Crippen LogP contribution in [0.3, 0.4) is 0 Å². The van der Waals surface area contributed by atoms with Crippen molar-refractivity contribution in [3.63, 3.8) is 0 Å². The Labute approximate surface area is 144 Å². The molecule has 0 N–H and O–H groups in total. The van der Waals surface area contributed by atoms with E-state index in [0.717, 1.165) is 24.7 Å². The third-order valence-corrected chi connectivity index (χ3v) is 4.91. The Balaban J connectivity index is 1.85. The van der Waals surface area contributed by atoms with Gasteiger partial charge in [-0.2, -0.15) is 13.2 Å². The van der Waals surface area contributed by atoms with Crippen LogP contribution in [0, 0.1) is 0 Å². The van der Waals surface area contributed by atoms with Gasteiger partial charge in [-0.1, -0.05) is 23.7 Å². The molecule has 1 heterocycles. The van der Waals surface area contributed by atoms with Crippen molar-refractivity contribution in [2.45, 2.75) is 44.6 Å². The van der Waals surface area contributed by atoms with Crippen LogP contribution in [0.1, 0.15) is 42.8 Å². The van der Waals surface area contributed by atoms with E-state index < -0.39 is 11.7 Å². The number of hydrogen-bond acceptors (Lipinski definition) is 2. The molecule has 1 unspecified atom stereocenters. The molecule has 0 radical (unpaired) electrons. The molecular weight excluding hydrogens is 339 g/mol. The molecule has 1 atom stereocenters. The van der Waals surface area contributed by atoms with Crippen molar-refractivity contribution in [3.8, 4) is 0 Å². The summed E-state index contributed by atoms with van der Waals surface area (Å²) in [6, 6.07) is 5.82. The van der Waals surface area contributed by atoms with Crippen LogP contribution in [0.2, 0.25) is 5.15 Å². The van der Waals surface area contributed by atoms with E-state index in [-0.39, 0.29) is 6.04 Å². The second-order valence-electron chi connectivity index (χ2n) is 6.26. The highest BCUT2D eigenvalue weighted by molar-refractivity contribution is 6.29. The lowest BCUT2D eigenvalue weighted by Gasteiger charge is -2.29. The number of benzene rings is 1. The average molecular weight is 358 g/mol. The van der Waals surface area contributed by atoms with E-state index in [1.807, 2.05) is 14.0 Å². The second-order valence-corrected chi connectivity index (χ2v) is 6.65. The normalized spacial score (nSPS) is 16.6. The van der Waals surface area contributed by atoms with Crippen LogP contribution >= 0.6 is 11.6 Å². The molecule has 0 aliphatic heterocycles. The standard InChI is InChI=1S/C17H19ClF3N3/c1-11(12-4-3-5-13(8-12)17(19,20)21)24(14-6-7-14)10-16-22-9-15(18)23(16)2/h3-5,8-9,11,14H,6-7,10H2,1-2H3. The molecule has 130 valence electrons. The first kappa shape index (κ1) is 17.3. The molecule has 1 aliphatic rings. The highest BCUT2D eigenvalue weighted by Crippen LogP contribution is 2.37. The van der Waals surface area contributed by atoms with Crippen molar-refractivity contribution in [1.29, 1.82) is 0 Å². The zero-order valence-corrected chi connectivity index (χ0v) is 14.3. The monoisotopic (exact) mass is 357 g/mol. The fraction of sp³-hybridized carbons (Fsp3) is 0.471. The Morgan fingerprint density at radius 1 is 1.38 bits per heavy atom. The van der Waals surface area contributed by atoms with Crippen LogP contribution in [0.5, 0.6) is 0 Å². The van der Waals surface area contributed by atoms with Crippen molar-refractivity contribution < 1.29 is 13.2 Å². The van der Waals surface area contributed by atoms with Gasteiger partial charge >= 0.3 is 6.18 Å². The molecule has 3 nitrogen and oxygen atoms in total. The molecule has 1 aromatic heterocycles. The van der Waals surface area contributed by atoms with Gasteiger partial charge in [-0.3, -0.25) is 4.90 Å². The molecule has 1 saturated carbocycles. The van der Waals surface area contributed by atoms with E-state index >= 15 is 0 Å². The SMILES string of the molecule is CC(c1cccc(C(F)(F)F)c1)N(Cc1ncc(Cl)n1C)C1CC1. The van der Waals surface area contributed by atoms with Gasteiger partial charge in [0.25, 0.3) is 0 Å². The summed E-state index contributed by atoms with van der Waals surface area (Å²) in [5.74, 6) is 0.811. The minimum Gasteiger partial charge on any atom is -0.321 e. The molecule has 2 aromatic rings. The summed E-state index contributed by atoms with van der Waals surface area (Å²) in [4.78, 5) is 6.51. The van der Waals surface area contributed by atoms with Crippen LogP contribution in [-0.4, -0.2) is 20.5 Å². The maximum Gasteiger partial charge on any atom is 0.416 e. The molecule has 0 spiro atoms. The van der Waals surface area contributed by atoms with Gasteiger partial charge in [0.15, 0.2) is 0 Å². The molecule has 1 fully saturated rings. The minimum absolute atomic E-state index is 0.129. The lowest BCUT2D eigenvalue weighted by atomic mass is 10.0. The predicted molar refractivity (Wildman–Crippen MR) is 86.6 cm³/mol. The zero-order chi connectivity index (χ0) is 17.5. The Morgan fingerprint density at radius 2 is 2.08 bits per heavy atom. The number of alkyl halides is 3. The summed E-state index contributed by atoms with van der Waals surface area (Å²) in [6.45, 7) is 2.50. The van der Waals surface area contributed by atoms with Crippen LogP contribution in [0.4, 0.5) is 13.2 Å². The largest absolute Gasteiger partial charge is 0.416 e. The molecule has 7 heteroatoms. The quantitative estimate of drug-likeness (QED) is 0.765. The topological polar surface area (TPSA) is 21.1 Å². The van der Waals surface area contributed by atoms with Gasteiger partial charge < -0.3 is 4.57 Å². The molecule has 0 bridgehead atoms. The molecule has 1 aromatic carbocycles. The number of nitrogens with zero attached hydrogens (tertiary/aromatic N) is 3. The Kier molecular flexibility index (Phi) is 4.62. The summed E-state index contributed by atoms with van der Waals surface area (Å²) >= 11 is 6.03. The summed E-state index contributed by atoms with van der Waals surface area (Å²) in [5.41, 5.74) is 0.0552. The van der Waals surface area contributed by atoms with Crippen molar-refractivity contribution >= 4 is 11.6 Å². The Bertz CT molecular complexity index is 722. The van der Waals surface area contributed by atoms with Crippen LogP contribution < -0.4 is 0 Å². The number of imidazole rings is 1. The summed E-state index contributed by atoms with van der Waals surface area (Å²) < 4.78 is 40.7. The van der Waals surface area contributed by atoms with Crippen molar-refractivity contribution in [3.05, 3.63) is 52.6 Å². The minimum atomic E-state index is -4.33. The number of halogens is 4. The van der Waals surface area contributed by atoms with Gasteiger partial charge in [0.2, 0.25) is 0 Å². The molecule has 3 rings (SSSR count). The highest BCUT2D eigenvalue weighted by atomic mass is 35.5. The molecule has 24 heavy (non-hydrogen) atoms. The Morgan fingerprint density at radius 3 is 2.62 bits per heavy atom. The first-order valence-corrected chi connectivity index (χ1v) is 8.24. The van der Waals surface area contributed by atoms with E-state index in [4.69, 9.17) is 11.6 Å². The van der Waals surface area contributed by atoms with E-state index in [2.05, 4.69) is 9.88 Å². The summed E-state index contributed by atoms with van der Waals surface area (Å²) in [6.07, 6.45) is -0.618. The van der Waals surface area contributed by atoms with Gasteiger partial charge in [-0.25, -0.2) is 4.98 Å². The van der Waals surface area contributed by atoms with Crippen molar-refractivity contribution in [2.75, 3.05) is 0 Å². The lowest BCUT2D eigenvalue weighted by Crippen LogP contribution is -2.30. The van der Waals surface area contributed by atoms with E-state index in [1.54, 1.807) is 16.8 Å². The second kappa shape index (κ2) is 6.41. The zero-order valence-electron chi connectivity index (χ0n) is 13.5. The van der Waals surface area contributed by atoms with Gasteiger partial charge in [0.05, 0.1) is 18.3 Å². The van der Waals surface area contributed by atoms with Gasteiger partial charge in [0, 0.05) is 19.1 Å². The molecule has 0 saturated heterocycles. The molecule has 0 amide bonds. The first-order valence-electron chi connectivity index (χ1n) is 7.86. The van der Waals surface area contributed by atoms with Gasteiger partial charge in [-0.05, 0) is 37.5 Å². The first-order chi connectivity index (χ1) is 11.3. The smallest absolute Gasteiger partial charge is 0.321 e. The van der Waals surface area contributed by atoms with E-state index in [0.29, 0.717) is 23.3 Å². The number of rotatable bonds is 5. The van der Waals surface area contributed by atoms with Crippen LogP contribution in [-0.2, 0) is 19.8 Å².